The van der Waals surface area contributed by atoms with Crippen LogP contribution >= 0.6 is 0 Å². The van der Waals surface area contributed by atoms with Gasteiger partial charge in [-0.1, -0.05) is 0 Å². The predicted molar refractivity (Wildman–Crippen MR) is 41.2 cm³/mol. The van der Waals surface area contributed by atoms with Crippen molar-refractivity contribution >= 4 is 6.03 Å². The van der Waals surface area contributed by atoms with Gasteiger partial charge in [0.1, 0.15) is 0 Å². The molecule has 0 bridgehead atoms. The molecule has 2 N–H and O–H groups in total. The van der Waals surface area contributed by atoms with Gasteiger partial charge in [-0.15, -0.1) is 0 Å². The van der Waals surface area contributed by atoms with Gasteiger partial charge in [0.2, 0.25) is 5.92 Å². The normalized spacial score (nSPS) is 20.5. The predicted octanol–water partition coefficient (Wildman–Crippen LogP) is 0.892. The van der Waals surface area contributed by atoms with Crippen LogP contribution in [0.2, 0.25) is 0 Å². The summed E-state index contributed by atoms with van der Waals surface area (Å²) in [6.07, 6.45) is -0.277. The van der Waals surface area contributed by atoms with E-state index in [1.54, 1.807) is 0 Å². The molecule has 1 rings (SSSR count). The number of alkyl halides is 2. The second-order valence-electron chi connectivity index (χ2n) is 3.15. The van der Waals surface area contributed by atoms with Gasteiger partial charge in [0.15, 0.2) is 0 Å². The Morgan fingerprint density at radius 3 is 2.69 bits per heavy atom. The number of halogens is 2. The van der Waals surface area contributed by atoms with Crippen LogP contribution in [-0.2, 0) is 4.84 Å². The summed E-state index contributed by atoms with van der Waals surface area (Å²) < 4.78 is 24.6. The molecule has 0 saturated heterocycles. The largest absolute Gasteiger partial charge is 0.338 e. The molecule has 0 radical (unpaired) electrons. The summed E-state index contributed by atoms with van der Waals surface area (Å²) in [5.74, 6) is -2.64. The first-order valence-electron chi connectivity index (χ1n) is 3.98. The number of hydroxylamine groups is 1. The number of amides is 2. The van der Waals surface area contributed by atoms with Gasteiger partial charge in [-0.25, -0.2) is 19.1 Å². The smallest absolute Gasteiger partial charge is 0.336 e. The van der Waals surface area contributed by atoms with Crippen molar-refractivity contribution in [2.75, 3.05) is 13.7 Å². The molecule has 0 aromatic rings. The molecule has 1 saturated carbocycles. The lowest BCUT2D eigenvalue weighted by Crippen LogP contribution is -2.44. The Morgan fingerprint density at radius 1 is 1.62 bits per heavy atom. The fourth-order valence-electron chi connectivity index (χ4n) is 1.30. The molecule has 6 heteroatoms. The molecule has 0 heterocycles. The van der Waals surface area contributed by atoms with Crippen molar-refractivity contribution in [3.05, 3.63) is 0 Å². The lowest BCUT2D eigenvalue weighted by Gasteiger charge is -2.34. The summed E-state index contributed by atoms with van der Waals surface area (Å²) in [7, 11) is 1.30. The van der Waals surface area contributed by atoms with Crippen LogP contribution in [0.25, 0.3) is 0 Å². The molecule has 0 unspecified atom stereocenters. The molecule has 0 aromatic carbocycles. The zero-order valence-electron chi connectivity index (χ0n) is 7.27. The van der Waals surface area contributed by atoms with E-state index < -0.39 is 12.0 Å². The van der Waals surface area contributed by atoms with Gasteiger partial charge < -0.3 is 5.32 Å². The summed E-state index contributed by atoms with van der Waals surface area (Å²) in [4.78, 5) is 15.0. The zero-order valence-corrected chi connectivity index (χ0v) is 7.27. The van der Waals surface area contributed by atoms with E-state index in [-0.39, 0.29) is 25.3 Å². The van der Waals surface area contributed by atoms with Crippen LogP contribution in [0, 0.1) is 5.92 Å². The van der Waals surface area contributed by atoms with E-state index in [0.29, 0.717) is 0 Å². The Morgan fingerprint density at radius 2 is 2.23 bits per heavy atom. The Kier molecular flexibility index (Phi) is 3.02. The topological polar surface area (TPSA) is 50.4 Å². The van der Waals surface area contributed by atoms with Crippen LogP contribution in [0.15, 0.2) is 0 Å². The van der Waals surface area contributed by atoms with Crippen molar-refractivity contribution in [1.82, 2.24) is 10.8 Å². The van der Waals surface area contributed by atoms with Gasteiger partial charge >= 0.3 is 6.03 Å². The first kappa shape index (κ1) is 10.2. The minimum Gasteiger partial charge on any atom is -0.336 e. The molecule has 1 aliphatic rings. The van der Waals surface area contributed by atoms with Gasteiger partial charge in [0, 0.05) is 19.4 Å². The highest BCUT2D eigenvalue weighted by Crippen LogP contribution is 2.41. The van der Waals surface area contributed by atoms with Gasteiger partial charge in [0.05, 0.1) is 7.11 Å². The minimum atomic E-state index is -2.52. The highest BCUT2D eigenvalue weighted by atomic mass is 19.3. The van der Waals surface area contributed by atoms with Crippen molar-refractivity contribution < 1.29 is 18.4 Å². The maximum absolute atomic E-state index is 12.3. The third-order valence-corrected chi connectivity index (χ3v) is 1.92. The maximum atomic E-state index is 12.3. The molecule has 1 fully saturated rings. The number of carbonyl (C=O) groups is 1. The quantitative estimate of drug-likeness (QED) is 0.655. The molecule has 13 heavy (non-hydrogen) atoms. The van der Waals surface area contributed by atoms with Crippen molar-refractivity contribution in [3.63, 3.8) is 0 Å². The first-order chi connectivity index (χ1) is 6.03. The highest BCUT2D eigenvalue weighted by molar-refractivity contribution is 5.72. The van der Waals surface area contributed by atoms with Gasteiger partial charge in [-0.05, 0) is 5.92 Å². The van der Waals surface area contributed by atoms with Crippen LogP contribution < -0.4 is 10.8 Å². The summed E-state index contributed by atoms with van der Waals surface area (Å²) in [6.45, 7) is 0.269. The van der Waals surface area contributed by atoms with Crippen molar-refractivity contribution in [3.8, 4) is 0 Å². The summed E-state index contributed by atoms with van der Waals surface area (Å²) in [5.41, 5.74) is 2.03. The first-order valence-corrected chi connectivity index (χ1v) is 3.98. The molecule has 0 aliphatic heterocycles. The number of nitrogens with one attached hydrogen (secondary N) is 2. The average Bonchev–Trinajstić information content (AvgIpc) is 1.97. The van der Waals surface area contributed by atoms with E-state index in [9.17, 15) is 13.6 Å². The summed E-state index contributed by atoms with van der Waals surface area (Å²) in [5, 5.41) is 2.41. The standard InChI is InChI=1S/C7H12F2N2O2/c1-13-11-6(12)10-4-5-2-7(8,9)3-5/h5H,2-4H2,1H3,(H2,10,11,12). The number of rotatable bonds is 3. The van der Waals surface area contributed by atoms with E-state index >= 15 is 0 Å². The monoisotopic (exact) mass is 194 g/mol. The highest BCUT2D eigenvalue weighted by Gasteiger charge is 2.44. The molecule has 0 atom stereocenters. The zero-order chi connectivity index (χ0) is 9.90. The molecule has 0 aromatic heterocycles. The molecular formula is C7H12F2N2O2. The van der Waals surface area contributed by atoms with E-state index in [4.69, 9.17) is 0 Å². The van der Waals surface area contributed by atoms with Gasteiger partial charge in [-0.3, -0.25) is 4.84 Å². The van der Waals surface area contributed by atoms with E-state index in [0.717, 1.165) is 0 Å². The lowest BCUT2D eigenvalue weighted by molar-refractivity contribution is -0.108. The minimum absolute atomic E-state index is 0.113. The number of carbonyl (C=O) groups excluding carboxylic acids is 1. The maximum Gasteiger partial charge on any atom is 0.338 e. The van der Waals surface area contributed by atoms with Gasteiger partial charge in [0.25, 0.3) is 0 Å². The van der Waals surface area contributed by atoms with Crippen LogP contribution in [0.4, 0.5) is 13.6 Å². The van der Waals surface area contributed by atoms with Crippen molar-refractivity contribution in [2.24, 2.45) is 5.92 Å². The fourth-order valence-corrected chi connectivity index (χ4v) is 1.30. The van der Waals surface area contributed by atoms with E-state index in [2.05, 4.69) is 10.2 Å². The number of urea groups is 1. The SMILES string of the molecule is CONC(=O)NCC1CC(F)(F)C1. The van der Waals surface area contributed by atoms with Crippen LogP contribution in [-0.4, -0.2) is 25.6 Å². The van der Waals surface area contributed by atoms with Crippen molar-refractivity contribution in [1.29, 1.82) is 0 Å². The fraction of sp³-hybridized carbons (Fsp3) is 0.857. The molecule has 0 spiro atoms. The van der Waals surface area contributed by atoms with E-state index in [1.807, 2.05) is 5.48 Å². The summed E-state index contributed by atoms with van der Waals surface area (Å²) >= 11 is 0. The molecule has 76 valence electrons. The third-order valence-electron chi connectivity index (χ3n) is 1.92. The van der Waals surface area contributed by atoms with Crippen LogP contribution in [0.3, 0.4) is 0 Å². The second kappa shape index (κ2) is 3.87. The van der Waals surface area contributed by atoms with Gasteiger partial charge in [-0.2, -0.15) is 0 Å². The van der Waals surface area contributed by atoms with Crippen LogP contribution in [0.1, 0.15) is 12.8 Å². The number of hydrogen-bond acceptors (Lipinski definition) is 2. The average molecular weight is 194 g/mol. The summed E-state index contributed by atoms with van der Waals surface area (Å²) in [6, 6.07) is -0.502. The molecule has 4 nitrogen and oxygen atoms in total. The lowest BCUT2D eigenvalue weighted by atomic mass is 9.81. The Bertz CT molecular complexity index is 191. The second-order valence-corrected chi connectivity index (χ2v) is 3.15. The Balaban J connectivity index is 2.05. The number of hydrogen-bond donors (Lipinski definition) is 2. The molecule has 2 amide bonds. The third kappa shape index (κ3) is 3.14. The Labute approximate surface area is 74.6 Å². The molecule has 1 aliphatic carbocycles. The van der Waals surface area contributed by atoms with Crippen molar-refractivity contribution in [2.45, 2.75) is 18.8 Å². The molecular weight excluding hydrogens is 182 g/mol. The Hall–Kier alpha value is -0.910. The van der Waals surface area contributed by atoms with Crippen LogP contribution in [0.5, 0.6) is 0 Å². The van der Waals surface area contributed by atoms with E-state index in [1.165, 1.54) is 7.11 Å².